The van der Waals surface area contributed by atoms with E-state index in [1.165, 1.54) is 19.3 Å². The zero-order valence-electron chi connectivity index (χ0n) is 20.6. The zero-order chi connectivity index (χ0) is 24.2. The zero-order valence-corrected chi connectivity index (χ0v) is 20.6. The lowest BCUT2D eigenvalue weighted by atomic mass is 9.91. The molecule has 1 fully saturated rings. The second-order valence-corrected chi connectivity index (χ2v) is 9.76. The van der Waals surface area contributed by atoms with E-state index in [9.17, 15) is 4.79 Å². The average molecular weight is 475 g/mol. The number of fused-ring (bicyclic) bond motifs is 1. The quantitative estimate of drug-likeness (QED) is 0.361. The molecule has 1 aliphatic carbocycles. The van der Waals surface area contributed by atoms with Gasteiger partial charge in [0.15, 0.2) is 5.82 Å². The second kappa shape index (κ2) is 10.6. The Bertz CT molecular complexity index is 1300. The summed E-state index contributed by atoms with van der Waals surface area (Å²) in [6, 6.07) is 12.5. The molecule has 184 valence electrons. The van der Waals surface area contributed by atoms with Gasteiger partial charge in [0, 0.05) is 23.7 Å². The molecule has 0 aliphatic heterocycles. The van der Waals surface area contributed by atoms with Crippen LogP contribution < -0.4 is 5.56 Å². The number of nitrogens with one attached hydrogen (secondary N) is 1. The normalized spacial score (nSPS) is 15.7. The van der Waals surface area contributed by atoms with E-state index in [-0.39, 0.29) is 11.6 Å². The number of aromatic amines is 1. The summed E-state index contributed by atoms with van der Waals surface area (Å²) in [5, 5.41) is 13.9. The van der Waals surface area contributed by atoms with Gasteiger partial charge in [-0.2, -0.15) is 0 Å². The molecule has 1 saturated carbocycles. The number of aromatic nitrogens is 5. The number of benzene rings is 1. The molecule has 8 heteroatoms. The SMILES string of the molecule is CCCC(c1nnnn1Cc1ccco1)N(Cc1cc2ccc(C)cc2[nH]c1=O)C1CCCCC1. The fourth-order valence-corrected chi connectivity index (χ4v) is 5.41. The molecule has 1 aliphatic rings. The van der Waals surface area contributed by atoms with Gasteiger partial charge in [0.1, 0.15) is 12.3 Å². The van der Waals surface area contributed by atoms with Crippen molar-refractivity contribution in [1.82, 2.24) is 30.1 Å². The smallest absolute Gasteiger partial charge is 0.252 e. The number of hydrogen-bond acceptors (Lipinski definition) is 6. The van der Waals surface area contributed by atoms with E-state index in [1.54, 1.807) is 6.26 Å². The van der Waals surface area contributed by atoms with E-state index in [4.69, 9.17) is 4.42 Å². The maximum Gasteiger partial charge on any atom is 0.252 e. The van der Waals surface area contributed by atoms with Gasteiger partial charge >= 0.3 is 0 Å². The first kappa shape index (κ1) is 23.5. The number of hydrogen-bond donors (Lipinski definition) is 1. The lowest BCUT2D eigenvalue weighted by molar-refractivity contribution is 0.0811. The lowest BCUT2D eigenvalue weighted by Gasteiger charge is -2.39. The first-order valence-electron chi connectivity index (χ1n) is 12.8. The Morgan fingerprint density at radius 1 is 1.20 bits per heavy atom. The molecule has 0 radical (unpaired) electrons. The highest BCUT2D eigenvalue weighted by Crippen LogP contribution is 2.34. The molecule has 0 spiro atoms. The number of aryl methyl sites for hydroxylation is 1. The highest BCUT2D eigenvalue weighted by atomic mass is 16.3. The summed E-state index contributed by atoms with van der Waals surface area (Å²) >= 11 is 0. The molecule has 0 saturated heterocycles. The van der Waals surface area contributed by atoms with Crippen LogP contribution in [-0.2, 0) is 13.1 Å². The van der Waals surface area contributed by atoms with Gasteiger partial charge in [0.2, 0.25) is 0 Å². The number of pyridine rings is 1. The minimum Gasteiger partial charge on any atom is -0.467 e. The van der Waals surface area contributed by atoms with Crippen molar-refractivity contribution in [2.45, 2.75) is 84.0 Å². The van der Waals surface area contributed by atoms with E-state index in [2.05, 4.69) is 50.5 Å². The topological polar surface area (TPSA) is 92.8 Å². The molecule has 3 aromatic heterocycles. The number of furan rings is 1. The number of H-pyrrole nitrogens is 1. The average Bonchev–Trinajstić information content (AvgIpc) is 3.55. The molecular formula is C27H34N6O2. The van der Waals surface area contributed by atoms with E-state index >= 15 is 0 Å². The summed E-state index contributed by atoms with van der Waals surface area (Å²) in [7, 11) is 0. The third-order valence-electron chi connectivity index (χ3n) is 7.18. The van der Waals surface area contributed by atoms with Gasteiger partial charge in [-0.3, -0.25) is 9.69 Å². The van der Waals surface area contributed by atoms with Crippen LogP contribution >= 0.6 is 0 Å². The number of nitrogens with zero attached hydrogens (tertiary/aromatic N) is 5. The Labute approximate surface area is 205 Å². The molecule has 4 aromatic rings. The second-order valence-electron chi connectivity index (χ2n) is 9.76. The molecule has 5 rings (SSSR count). The molecule has 8 nitrogen and oxygen atoms in total. The van der Waals surface area contributed by atoms with Gasteiger partial charge in [0.25, 0.3) is 5.56 Å². The van der Waals surface area contributed by atoms with Crippen molar-refractivity contribution in [2.75, 3.05) is 0 Å². The van der Waals surface area contributed by atoms with Gasteiger partial charge < -0.3 is 9.40 Å². The van der Waals surface area contributed by atoms with Crippen molar-refractivity contribution in [3.05, 3.63) is 75.7 Å². The van der Waals surface area contributed by atoms with Crippen LogP contribution in [0.3, 0.4) is 0 Å². The van der Waals surface area contributed by atoms with Crippen molar-refractivity contribution in [1.29, 1.82) is 0 Å². The van der Waals surface area contributed by atoms with Crippen LogP contribution in [-0.4, -0.2) is 36.1 Å². The van der Waals surface area contributed by atoms with Crippen LogP contribution in [0.1, 0.15) is 80.6 Å². The van der Waals surface area contributed by atoms with Crippen molar-refractivity contribution < 1.29 is 4.42 Å². The van der Waals surface area contributed by atoms with Gasteiger partial charge in [0.05, 0.1) is 12.3 Å². The maximum absolute atomic E-state index is 13.2. The van der Waals surface area contributed by atoms with Crippen molar-refractivity contribution in [3.63, 3.8) is 0 Å². The van der Waals surface area contributed by atoms with Crippen molar-refractivity contribution in [3.8, 4) is 0 Å². The Kier molecular flexibility index (Phi) is 7.08. The Morgan fingerprint density at radius 2 is 2.06 bits per heavy atom. The monoisotopic (exact) mass is 474 g/mol. The number of tetrazole rings is 1. The van der Waals surface area contributed by atoms with Crippen molar-refractivity contribution >= 4 is 10.9 Å². The van der Waals surface area contributed by atoms with Gasteiger partial charge in [-0.25, -0.2) is 4.68 Å². The highest BCUT2D eigenvalue weighted by Gasteiger charge is 2.32. The van der Waals surface area contributed by atoms with Crippen LogP contribution in [0, 0.1) is 6.92 Å². The summed E-state index contributed by atoms with van der Waals surface area (Å²) in [5.74, 6) is 1.65. The van der Waals surface area contributed by atoms with E-state index < -0.39 is 0 Å². The minimum absolute atomic E-state index is 0.0150. The molecule has 1 N–H and O–H groups in total. The summed E-state index contributed by atoms with van der Waals surface area (Å²) in [6.45, 7) is 5.29. The largest absolute Gasteiger partial charge is 0.467 e. The Hall–Kier alpha value is -3.26. The fraction of sp³-hybridized carbons (Fsp3) is 0.481. The van der Waals surface area contributed by atoms with E-state index in [1.807, 2.05) is 29.8 Å². The first-order chi connectivity index (χ1) is 17.1. The molecule has 0 bridgehead atoms. The molecule has 0 amide bonds. The third kappa shape index (κ3) is 5.22. The third-order valence-corrected chi connectivity index (χ3v) is 7.18. The number of rotatable bonds is 9. The van der Waals surface area contributed by atoms with E-state index in [0.717, 1.165) is 59.3 Å². The summed E-state index contributed by atoms with van der Waals surface area (Å²) in [6.07, 6.45) is 9.54. The van der Waals surface area contributed by atoms with Crippen LogP contribution in [0.4, 0.5) is 0 Å². The van der Waals surface area contributed by atoms with Gasteiger partial charge in [-0.15, -0.1) is 5.10 Å². The lowest BCUT2D eigenvalue weighted by Crippen LogP contribution is -2.41. The standard InChI is InChI=1S/C27H34N6O2/c1-3-8-25(26-29-30-31-33(26)18-23-11-7-14-35-23)32(22-9-5-4-6-10-22)17-21-16-20-13-12-19(2)15-24(20)28-27(21)34/h7,11-16,22,25H,3-6,8-10,17-18H2,1-2H3,(H,28,34). The Morgan fingerprint density at radius 3 is 2.83 bits per heavy atom. The predicted molar refractivity (Wildman–Crippen MR) is 135 cm³/mol. The van der Waals surface area contributed by atoms with Gasteiger partial charge in [-0.05, 0) is 71.8 Å². The van der Waals surface area contributed by atoms with Crippen LogP contribution in [0.15, 0.2) is 51.9 Å². The molecule has 1 atom stereocenters. The van der Waals surface area contributed by atoms with Crippen LogP contribution in [0.25, 0.3) is 10.9 Å². The molecule has 3 heterocycles. The molecule has 1 unspecified atom stereocenters. The van der Waals surface area contributed by atoms with Gasteiger partial charge in [-0.1, -0.05) is 44.7 Å². The summed E-state index contributed by atoms with van der Waals surface area (Å²) < 4.78 is 7.41. The van der Waals surface area contributed by atoms with Crippen LogP contribution in [0.5, 0.6) is 0 Å². The molecular weight excluding hydrogens is 440 g/mol. The first-order valence-corrected chi connectivity index (χ1v) is 12.8. The van der Waals surface area contributed by atoms with E-state index in [0.29, 0.717) is 19.1 Å². The fourth-order valence-electron chi connectivity index (χ4n) is 5.41. The maximum atomic E-state index is 13.2. The minimum atomic E-state index is -0.0191. The highest BCUT2D eigenvalue weighted by molar-refractivity contribution is 5.79. The van der Waals surface area contributed by atoms with Crippen LogP contribution in [0.2, 0.25) is 0 Å². The molecule has 1 aromatic carbocycles. The summed E-state index contributed by atoms with van der Waals surface area (Å²) in [5.41, 5.74) is 2.79. The summed E-state index contributed by atoms with van der Waals surface area (Å²) in [4.78, 5) is 18.8. The Balaban J connectivity index is 1.52. The predicted octanol–water partition coefficient (Wildman–Crippen LogP) is 5.14. The molecule has 35 heavy (non-hydrogen) atoms. The van der Waals surface area contributed by atoms with Crippen molar-refractivity contribution in [2.24, 2.45) is 0 Å².